The standard InChI is InChI=1S/C63H84ClN13O8Si/c1-7-52-60(79)72(2)54-39-67-61(70-58(54)77(52)45-16-8-9-17-45)68-50-22-21-44(38-55(50)81-3)59(78)66-26-33-83-35-34-82-32-13-28-73-27-12-18-47(73)42-85-62-69-51-41-74(53-20-11-15-43-14-10-19-49(64)56(43)53)29-24-48(51)57(71-62)75-30-31-76(46(40-75)23-25-65)63(80)84-36-37-86(4,5)6/h10-11,14-15,19-22,38-39,45-47,52H,7-9,12-13,16-18,23-24,26-37,40-42H2,1-6H3,(H,66,78)(H,67,68,70)/t46-,47-,52+/m0/s1. The molecule has 6 heterocycles. The number of halogens is 1. The van der Waals surface area contributed by atoms with E-state index in [1.54, 1.807) is 48.4 Å². The van der Waals surface area contributed by atoms with Gasteiger partial charge < -0.3 is 58.8 Å². The smallest absolute Gasteiger partial charge is 0.410 e. The molecule has 3 aromatic carbocycles. The first-order chi connectivity index (χ1) is 41.7. The van der Waals surface area contributed by atoms with Crippen molar-refractivity contribution >= 4 is 83.0 Å². The monoisotopic (exact) mass is 1210 g/mol. The fourth-order valence-corrected chi connectivity index (χ4v) is 13.6. The van der Waals surface area contributed by atoms with Gasteiger partial charge in [0.05, 0.1) is 81.2 Å². The first kappa shape index (κ1) is 62.0. The van der Waals surface area contributed by atoms with Crippen LogP contribution in [0.2, 0.25) is 30.7 Å². The number of ether oxygens (including phenoxy) is 5. The highest BCUT2D eigenvalue weighted by molar-refractivity contribution is 6.76. The third kappa shape index (κ3) is 14.7. The number of nitriles is 1. The van der Waals surface area contributed by atoms with E-state index < -0.39 is 8.07 Å². The van der Waals surface area contributed by atoms with Crippen LogP contribution in [0.5, 0.6) is 11.8 Å². The summed E-state index contributed by atoms with van der Waals surface area (Å²) in [5, 5.41) is 19.0. The molecule has 2 saturated heterocycles. The van der Waals surface area contributed by atoms with Gasteiger partial charge in [-0.1, -0.05) is 75.3 Å². The molecule has 10 rings (SSSR count). The van der Waals surface area contributed by atoms with E-state index >= 15 is 0 Å². The molecule has 3 atom stereocenters. The predicted molar refractivity (Wildman–Crippen MR) is 337 cm³/mol. The van der Waals surface area contributed by atoms with Gasteiger partial charge in [-0.2, -0.15) is 20.2 Å². The largest absolute Gasteiger partial charge is 0.495 e. The van der Waals surface area contributed by atoms with Gasteiger partial charge in [-0.15, -0.1) is 0 Å². The third-order valence-electron chi connectivity index (χ3n) is 17.3. The number of carbonyl (C=O) groups excluding carboxylic acids is 3. The number of benzene rings is 3. The number of anilines is 6. The number of likely N-dealkylation sites (N-methyl/N-ethyl adjacent to an activating group) is 1. The van der Waals surface area contributed by atoms with Crippen LogP contribution < -0.4 is 39.7 Å². The number of fused-ring (bicyclic) bond motifs is 3. The van der Waals surface area contributed by atoms with Crippen molar-refractivity contribution in [3.63, 3.8) is 0 Å². The average molecular weight is 1210 g/mol. The first-order valence-electron chi connectivity index (χ1n) is 30.8. The molecule has 23 heteroatoms. The van der Waals surface area contributed by atoms with Crippen LogP contribution in [0.3, 0.4) is 0 Å². The van der Waals surface area contributed by atoms with Crippen molar-refractivity contribution in [2.24, 2.45) is 0 Å². The zero-order valence-corrected chi connectivity index (χ0v) is 52.6. The maximum absolute atomic E-state index is 13.4. The van der Waals surface area contributed by atoms with Crippen LogP contribution in [-0.2, 0) is 32.0 Å². The van der Waals surface area contributed by atoms with Crippen molar-refractivity contribution in [2.75, 3.05) is 125 Å². The van der Waals surface area contributed by atoms with Crippen LogP contribution >= 0.6 is 11.6 Å². The number of amides is 3. The molecule has 0 bridgehead atoms. The second kappa shape index (κ2) is 28.7. The lowest BCUT2D eigenvalue weighted by Crippen LogP contribution is -2.56. The number of carbonyl (C=O) groups is 3. The van der Waals surface area contributed by atoms with E-state index in [2.05, 4.69) is 85.2 Å². The Bertz CT molecular complexity index is 3230. The number of rotatable bonds is 25. The Kier molecular flexibility index (Phi) is 20.7. The summed E-state index contributed by atoms with van der Waals surface area (Å²) in [5.74, 6) is 2.19. The molecule has 4 aliphatic heterocycles. The minimum atomic E-state index is -1.41. The van der Waals surface area contributed by atoms with Gasteiger partial charge in [-0.25, -0.2) is 9.78 Å². The van der Waals surface area contributed by atoms with Crippen molar-refractivity contribution in [1.82, 2.24) is 35.1 Å². The Morgan fingerprint density at radius 1 is 0.872 bits per heavy atom. The Hall–Kier alpha value is -7.03. The number of nitrogens with zero attached hydrogens (tertiary/aromatic N) is 11. The van der Waals surface area contributed by atoms with E-state index in [1.165, 1.54) is 0 Å². The third-order valence-corrected chi connectivity index (χ3v) is 19.3. The molecular weight excluding hydrogens is 1130 g/mol. The highest BCUT2D eigenvalue weighted by atomic mass is 35.5. The topological polar surface area (TPSA) is 216 Å². The van der Waals surface area contributed by atoms with E-state index in [4.69, 9.17) is 50.2 Å². The Balaban J connectivity index is 0.683. The van der Waals surface area contributed by atoms with Crippen LogP contribution in [0.1, 0.15) is 86.3 Å². The van der Waals surface area contributed by atoms with E-state index in [1.807, 2.05) is 19.1 Å². The summed E-state index contributed by atoms with van der Waals surface area (Å²) in [5.41, 5.74) is 4.73. The molecule has 2 aromatic heterocycles. The van der Waals surface area contributed by atoms with Gasteiger partial charge in [0.25, 0.3) is 5.91 Å². The normalized spacial score (nSPS) is 19.2. The molecule has 1 aliphatic carbocycles. The van der Waals surface area contributed by atoms with Crippen LogP contribution in [0.25, 0.3) is 10.8 Å². The van der Waals surface area contributed by atoms with Crippen molar-refractivity contribution in [3.8, 4) is 17.8 Å². The minimum Gasteiger partial charge on any atom is -0.495 e. The summed E-state index contributed by atoms with van der Waals surface area (Å²) in [6.45, 7) is 16.2. The van der Waals surface area contributed by atoms with Gasteiger partial charge >= 0.3 is 12.1 Å². The van der Waals surface area contributed by atoms with Crippen molar-refractivity contribution in [1.29, 1.82) is 5.26 Å². The number of likely N-dealkylation sites (tertiary alicyclic amines) is 1. The molecule has 5 aliphatic rings. The number of nitrogens with one attached hydrogen (secondary N) is 2. The van der Waals surface area contributed by atoms with Crippen molar-refractivity contribution < 1.29 is 38.1 Å². The number of methoxy groups -OCH3 is 1. The molecule has 1 saturated carbocycles. The fourth-order valence-electron chi connectivity index (χ4n) is 12.6. The zero-order valence-electron chi connectivity index (χ0n) is 50.8. The minimum absolute atomic E-state index is 0.0610. The van der Waals surface area contributed by atoms with Gasteiger partial charge in [0, 0.05) is 95.3 Å². The molecule has 5 aromatic rings. The van der Waals surface area contributed by atoms with Gasteiger partial charge in [0.2, 0.25) is 11.9 Å². The molecule has 86 heavy (non-hydrogen) atoms. The second-order valence-electron chi connectivity index (χ2n) is 24.2. The van der Waals surface area contributed by atoms with Gasteiger partial charge in [0.15, 0.2) is 5.82 Å². The molecule has 21 nitrogen and oxygen atoms in total. The fraction of sp³-hybridized carbons (Fsp3) is 0.556. The highest BCUT2D eigenvalue weighted by Crippen LogP contribution is 2.42. The first-order valence-corrected chi connectivity index (χ1v) is 34.9. The summed E-state index contributed by atoms with van der Waals surface area (Å²) in [7, 11) is 1.93. The molecule has 460 valence electrons. The molecule has 0 radical (unpaired) electrons. The Morgan fingerprint density at radius 3 is 2.45 bits per heavy atom. The maximum Gasteiger partial charge on any atom is 0.410 e. The Morgan fingerprint density at radius 2 is 1.67 bits per heavy atom. The molecular formula is C63H84ClN13O8Si. The summed E-state index contributed by atoms with van der Waals surface area (Å²) >= 11 is 6.84. The zero-order chi connectivity index (χ0) is 60.3. The van der Waals surface area contributed by atoms with E-state index in [0.29, 0.717) is 125 Å². The summed E-state index contributed by atoms with van der Waals surface area (Å²) in [4.78, 5) is 72.4. The molecule has 3 amide bonds. The number of aromatic nitrogens is 4. The van der Waals surface area contributed by atoms with Crippen LogP contribution in [0.15, 0.2) is 60.8 Å². The van der Waals surface area contributed by atoms with Crippen molar-refractivity contribution in [3.05, 3.63) is 82.6 Å². The average Bonchev–Trinajstić information content (AvgIpc) is 1.22. The van der Waals surface area contributed by atoms with Crippen molar-refractivity contribution in [2.45, 2.75) is 128 Å². The van der Waals surface area contributed by atoms with Gasteiger partial charge in [-0.05, 0) is 93.3 Å². The quantitative estimate of drug-likeness (QED) is 0.0411. The van der Waals surface area contributed by atoms with E-state index in [0.717, 1.165) is 110 Å². The van der Waals surface area contributed by atoms with E-state index in [-0.39, 0.29) is 48.5 Å². The molecule has 0 unspecified atom stereocenters. The molecule has 2 N–H and O–H groups in total. The lowest BCUT2D eigenvalue weighted by Gasteiger charge is -2.43. The SMILES string of the molecule is CC[C@@H]1C(=O)N(C)c2cnc(Nc3ccc(C(=O)NCCOCCOCCCN4CCC[C@H]4COc4nc5c(c(N6CCN(C(=O)OCC[Si](C)(C)C)[C@@H](CC#N)C6)n4)CCN(c4cccc6cccc(Cl)c46)C5)cc3OC)nc2N1C1CCCC1. The van der Waals surface area contributed by atoms with Gasteiger partial charge in [0.1, 0.15) is 29.9 Å². The lowest BCUT2D eigenvalue weighted by molar-refractivity contribution is -0.120. The summed E-state index contributed by atoms with van der Waals surface area (Å²) in [6.07, 6.45) is 10.1. The number of piperazine rings is 1. The Labute approximate surface area is 511 Å². The van der Waals surface area contributed by atoms with Crippen LogP contribution in [-0.4, -0.2) is 179 Å². The predicted octanol–water partition coefficient (Wildman–Crippen LogP) is 9.47. The molecule has 0 spiro atoms. The number of hydrogen-bond donors (Lipinski definition) is 2. The lowest BCUT2D eigenvalue weighted by atomic mass is 10.0. The van der Waals surface area contributed by atoms with Crippen LogP contribution in [0.4, 0.5) is 39.4 Å². The summed E-state index contributed by atoms with van der Waals surface area (Å²) in [6, 6.07) is 20.8. The second-order valence-corrected chi connectivity index (χ2v) is 30.2. The van der Waals surface area contributed by atoms with E-state index in [9.17, 15) is 19.6 Å². The highest BCUT2D eigenvalue weighted by Gasteiger charge is 2.42. The van der Waals surface area contributed by atoms with Gasteiger partial charge in [-0.3, -0.25) is 14.5 Å². The summed E-state index contributed by atoms with van der Waals surface area (Å²) < 4.78 is 29.9. The molecule has 3 fully saturated rings. The number of hydrogen-bond acceptors (Lipinski definition) is 18. The maximum atomic E-state index is 13.4. The van der Waals surface area contributed by atoms with Crippen LogP contribution in [0, 0.1) is 11.3 Å².